The number of alkyl halides is 1. The van der Waals surface area contributed by atoms with Crippen LogP contribution >= 0.6 is 11.6 Å². The van der Waals surface area contributed by atoms with E-state index in [1.165, 1.54) is 0 Å². The van der Waals surface area contributed by atoms with E-state index < -0.39 is 18.0 Å². The molecule has 110 valence electrons. The SMILES string of the molecule is CCOC(=O)[C@@H](Cc1ccccc1)NC(=O)NCCCl. The maximum atomic E-state index is 11.9. The number of hydrogen-bond acceptors (Lipinski definition) is 3. The van der Waals surface area contributed by atoms with E-state index in [1.807, 2.05) is 30.3 Å². The van der Waals surface area contributed by atoms with Gasteiger partial charge in [0.05, 0.1) is 6.61 Å². The molecule has 0 bridgehead atoms. The van der Waals surface area contributed by atoms with Crippen LogP contribution in [-0.2, 0) is 16.0 Å². The summed E-state index contributed by atoms with van der Waals surface area (Å²) in [4.78, 5) is 23.5. The molecule has 0 unspecified atom stereocenters. The summed E-state index contributed by atoms with van der Waals surface area (Å²) in [5.74, 6) is -0.131. The van der Waals surface area contributed by atoms with Crippen LogP contribution in [-0.4, -0.2) is 37.1 Å². The number of halogens is 1. The van der Waals surface area contributed by atoms with Crippen LogP contribution in [0.5, 0.6) is 0 Å². The van der Waals surface area contributed by atoms with E-state index >= 15 is 0 Å². The molecular weight excluding hydrogens is 280 g/mol. The topological polar surface area (TPSA) is 67.4 Å². The Morgan fingerprint density at radius 3 is 2.60 bits per heavy atom. The molecule has 20 heavy (non-hydrogen) atoms. The van der Waals surface area contributed by atoms with E-state index in [0.717, 1.165) is 5.56 Å². The minimum absolute atomic E-state index is 0.273. The summed E-state index contributed by atoms with van der Waals surface area (Å²) in [6, 6.07) is 8.29. The fourth-order valence-electron chi connectivity index (χ4n) is 1.66. The molecule has 5 nitrogen and oxygen atoms in total. The normalized spacial score (nSPS) is 11.5. The van der Waals surface area contributed by atoms with Gasteiger partial charge in [0.25, 0.3) is 0 Å². The first-order valence-corrected chi connectivity index (χ1v) is 7.01. The number of urea groups is 1. The largest absolute Gasteiger partial charge is 0.464 e. The Bertz CT molecular complexity index is 426. The Morgan fingerprint density at radius 2 is 2.00 bits per heavy atom. The third-order valence-corrected chi connectivity index (χ3v) is 2.73. The summed E-state index contributed by atoms with van der Waals surface area (Å²) in [7, 11) is 0. The lowest BCUT2D eigenvalue weighted by molar-refractivity contribution is -0.145. The van der Waals surface area contributed by atoms with Crippen molar-refractivity contribution in [3.8, 4) is 0 Å². The van der Waals surface area contributed by atoms with Gasteiger partial charge in [0.1, 0.15) is 6.04 Å². The van der Waals surface area contributed by atoms with Crippen LogP contribution in [0, 0.1) is 0 Å². The Hall–Kier alpha value is -1.75. The molecule has 0 spiro atoms. The molecule has 2 N–H and O–H groups in total. The van der Waals surface area contributed by atoms with Gasteiger partial charge in [-0.05, 0) is 12.5 Å². The quantitative estimate of drug-likeness (QED) is 0.595. The molecule has 0 saturated carbocycles. The monoisotopic (exact) mass is 298 g/mol. The molecule has 2 amide bonds. The highest BCUT2D eigenvalue weighted by atomic mass is 35.5. The Morgan fingerprint density at radius 1 is 1.30 bits per heavy atom. The second-order valence-corrected chi connectivity index (χ2v) is 4.46. The molecule has 1 rings (SSSR count). The molecule has 0 aliphatic carbocycles. The molecule has 1 aromatic carbocycles. The number of nitrogens with one attached hydrogen (secondary N) is 2. The number of benzene rings is 1. The minimum atomic E-state index is -0.715. The minimum Gasteiger partial charge on any atom is -0.464 e. The number of ether oxygens (including phenoxy) is 1. The number of carbonyl (C=O) groups excluding carboxylic acids is 2. The van der Waals surface area contributed by atoms with Gasteiger partial charge in [0.2, 0.25) is 0 Å². The van der Waals surface area contributed by atoms with Crippen LogP contribution in [0.2, 0.25) is 0 Å². The summed E-state index contributed by atoms with van der Waals surface area (Å²) in [6.45, 7) is 2.34. The van der Waals surface area contributed by atoms with Crippen LogP contribution in [0.25, 0.3) is 0 Å². The predicted molar refractivity (Wildman–Crippen MR) is 77.8 cm³/mol. The molecule has 1 atom stereocenters. The fourth-order valence-corrected chi connectivity index (χ4v) is 1.75. The van der Waals surface area contributed by atoms with E-state index in [9.17, 15) is 9.59 Å². The Kier molecular flexibility index (Phi) is 7.50. The Labute approximate surface area is 123 Å². The van der Waals surface area contributed by atoms with Gasteiger partial charge < -0.3 is 15.4 Å². The van der Waals surface area contributed by atoms with Crippen molar-refractivity contribution in [2.24, 2.45) is 0 Å². The summed E-state index contributed by atoms with van der Waals surface area (Å²) >= 11 is 5.49. The van der Waals surface area contributed by atoms with E-state index in [2.05, 4.69) is 10.6 Å². The van der Waals surface area contributed by atoms with Crippen LogP contribution in [0.15, 0.2) is 30.3 Å². The molecule has 0 aromatic heterocycles. The second kappa shape index (κ2) is 9.20. The van der Waals surface area contributed by atoms with Gasteiger partial charge in [-0.15, -0.1) is 11.6 Å². The van der Waals surface area contributed by atoms with Crippen LogP contribution < -0.4 is 10.6 Å². The number of esters is 1. The first-order chi connectivity index (χ1) is 9.67. The average Bonchev–Trinajstić information content (AvgIpc) is 2.46. The van der Waals surface area contributed by atoms with Gasteiger partial charge >= 0.3 is 12.0 Å². The zero-order chi connectivity index (χ0) is 14.8. The molecule has 0 aliphatic rings. The first-order valence-electron chi connectivity index (χ1n) is 6.48. The number of hydrogen-bond donors (Lipinski definition) is 2. The lowest BCUT2D eigenvalue weighted by Crippen LogP contribution is -2.48. The van der Waals surface area contributed by atoms with E-state index in [0.29, 0.717) is 18.8 Å². The molecule has 1 aromatic rings. The summed E-state index contributed by atoms with van der Waals surface area (Å²) in [5.41, 5.74) is 0.947. The maximum absolute atomic E-state index is 11.9. The molecule has 0 heterocycles. The zero-order valence-corrected chi connectivity index (χ0v) is 12.2. The number of carbonyl (C=O) groups is 2. The van der Waals surface area contributed by atoms with E-state index in [-0.39, 0.29) is 6.61 Å². The van der Waals surface area contributed by atoms with Gasteiger partial charge in [-0.2, -0.15) is 0 Å². The molecule has 0 fully saturated rings. The van der Waals surface area contributed by atoms with Crippen molar-refractivity contribution in [2.75, 3.05) is 19.0 Å². The van der Waals surface area contributed by atoms with Crippen molar-refractivity contribution in [1.29, 1.82) is 0 Å². The van der Waals surface area contributed by atoms with Crippen molar-refractivity contribution in [3.63, 3.8) is 0 Å². The first kappa shape index (κ1) is 16.3. The zero-order valence-electron chi connectivity index (χ0n) is 11.4. The molecular formula is C14H19ClN2O3. The van der Waals surface area contributed by atoms with Crippen molar-refractivity contribution >= 4 is 23.6 Å². The van der Waals surface area contributed by atoms with Crippen molar-refractivity contribution in [3.05, 3.63) is 35.9 Å². The molecule has 0 aliphatic heterocycles. The smallest absolute Gasteiger partial charge is 0.329 e. The highest BCUT2D eigenvalue weighted by molar-refractivity contribution is 6.18. The van der Waals surface area contributed by atoms with Crippen LogP contribution in [0.3, 0.4) is 0 Å². The Balaban J connectivity index is 2.65. The van der Waals surface area contributed by atoms with Gasteiger partial charge in [0.15, 0.2) is 0 Å². The van der Waals surface area contributed by atoms with Gasteiger partial charge in [-0.25, -0.2) is 9.59 Å². The standard InChI is InChI=1S/C14H19ClN2O3/c1-2-20-13(18)12(17-14(19)16-9-8-15)10-11-6-4-3-5-7-11/h3-7,12H,2,8-10H2,1H3,(H2,16,17,19)/t12-/m1/s1. The molecule has 0 saturated heterocycles. The molecule has 6 heteroatoms. The fraction of sp³-hybridized carbons (Fsp3) is 0.429. The van der Waals surface area contributed by atoms with Crippen molar-refractivity contribution in [1.82, 2.24) is 10.6 Å². The van der Waals surface area contributed by atoms with E-state index in [1.54, 1.807) is 6.92 Å². The highest BCUT2D eigenvalue weighted by Gasteiger charge is 2.22. The summed E-state index contributed by atoms with van der Waals surface area (Å²) in [5, 5.41) is 5.16. The van der Waals surface area contributed by atoms with Gasteiger partial charge in [0, 0.05) is 18.8 Å². The highest BCUT2D eigenvalue weighted by Crippen LogP contribution is 2.04. The van der Waals surface area contributed by atoms with Gasteiger partial charge in [-0.3, -0.25) is 0 Å². The third kappa shape index (κ3) is 5.93. The van der Waals surface area contributed by atoms with Crippen LogP contribution in [0.1, 0.15) is 12.5 Å². The van der Waals surface area contributed by atoms with Crippen molar-refractivity contribution < 1.29 is 14.3 Å². The maximum Gasteiger partial charge on any atom is 0.329 e. The average molecular weight is 299 g/mol. The lowest BCUT2D eigenvalue weighted by atomic mass is 10.1. The van der Waals surface area contributed by atoms with Gasteiger partial charge in [-0.1, -0.05) is 30.3 Å². The second-order valence-electron chi connectivity index (χ2n) is 4.08. The third-order valence-electron chi connectivity index (χ3n) is 2.54. The predicted octanol–water partition coefficient (Wildman–Crippen LogP) is 1.70. The van der Waals surface area contributed by atoms with E-state index in [4.69, 9.17) is 16.3 Å². The van der Waals surface area contributed by atoms with Crippen molar-refractivity contribution in [2.45, 2.75) is 19.4 Å². The van der Waals surface area contributed by atoms with Crippen LogP contribution in [0.4, 0.5) is 4.79 Å². The molecule has 0 radical (unpaired) electrons. The lowest BCUT2D eigenvalue weighted by Gasteiger charge is -2.17. The summed E-state index contributed by atoms with van der Waals surface area (Å²) in [6.07, 6.45) is 0.383. The number of amides is 2. The number of rotatable bonds is 7. The summed E-state index contributed by atoms with van der Waals surface area (Å²) < 4.78 is 4.97.